The smallest absolute Gasteiger partial charge is 0.255 e. The predicted molar refractivity (Wildman–Crippen MR) is 137 cm³/mol. The van der Waals surface area contributed by atoms with Crippen LogP contribution in [0.15, 0.2) is 29.0 Å². The molecule has 0 saturated heterocycles. The minimum Gasteiger partial charge on any atom is -0.508 e. The summed E-state index contributed by atoms with van der Waals surface area (Å²) >= 11 is 0. The molecule has 4 rings (SSSR count). The summed E-state index contributed by atoms with van der Waals surface area (Å²) in [5, 5.41) is 34.2. The molecule has 0 aromatic heterocycles. The number of unbranched alkanes of at least 4 members (excludes halogenated alkanes) is 1. The van der Waals surface area contributed by atoms with E-state index in [9.17, 15) is 29.7 Å². The van der Waals surface area contributed by atoms with Gasteiger partial charge in [0.2, 0.25) is 5.78 Å². The maximum atomic E-state index is 14.0. The fraction of sp³-hybridized carbons (Fsp3) is 0.519. The molecule has 1 aromatic carbocycles. The molecule has 37 heavy (non-hydrogen) atoms. The van der Waals surface area contributed by atoms with Crippen molar-refractivity contribution < 1.29 is 34.4 Å². The Morgan fingerprint density at radius 2 is 1.86 bits per heavy atom. The summed E-state index contributed by atoms with van der Waals surface area (Å²) in [6, 6.07) is 2.57. The summed E-state index contributed by atoms with van der Waals surface area (Å²) in [6.07, 6.45) is 2.19. The van der Waals surface area contributed by atoms with E-state index in [2.05, 4.69) is 0 Å². The molecule has 0 bridgehead atoms. The molecule has 1 fully saturated rings. The normalized spacial score (nSPS) is 27.2. The second-order valence-corrected chi connectivity index (χ2v) is 10.5. The zero-order valence-electron chi connectivity index (χ0n) is 21.9. The third kappa shape index (κ3) is 3.90. The first-order valence-corrected chi connectivity index (χ1v) is 12.5. The first-order chi connectivity index (χ1) is 17.4. The van der Waals surface area contributed by atoms with Crippen molar-refractivity contribution in [2.75, 3.05) is 39.7 Å². The highest BCUT2D eigenvalue weighted by molar-refractivity contribution is 6.24. The van der Waals surface area contributed by atoms with Crippen molar-refractivity contribution in [1.82, 2.24) is 4.90 Å². The number of carbonyl (C=O) groups is 3. The number of hydrogen-bond donors (Lipinski definition) is 4. The molecule has 1 amide bonds. The molecule has 4 unspecified atom stereocenters. The molecule has 5 N–H and O–H groups in total. The van der Waals surface area contributed by atoms with Crippen molar-refractivity contribution in [3.8, 4) is 5.75 Å². The van der Waals surface area contributed by atoms with Crippen LogP contribution >= 0.6 is 0 Å². The van der Waals surface area contributed by atoms with Crippen LogP contribution in [0.25, 0.3) is 5.76 Å². The Hall–Kier alpha value is -3.37. The lowest BCUT2D eigenvalue weighted by Gasteiger charge is -2.50. The van der Waals surface area contributed by atoms with Crippen LogP contribution < -0.4 is 15.4 Å². The standard InChI is InChI=1S/C27H35N3O7/c1-6-7-10-37-17-9-8-16(29(2)3)14-11-13-12-15-21(30(4)5)23(32)20(26(28)35)25(34)27(15,36)24(33)18(13)22(31)19(14)17/h8-9,13,15,21,31,34,36H,6-7,10-12H2,1-5H3,(H2,28,35). The maximum Gasteiger partial charge on any atom is 0.255 e. The lowest BCUT2D eigenvalue weighted by molar-refractivity contribution is -0.153. The van der Waals surface area contributed by atoms with Gasteiger partial charge in [0.25, 0.3) is 5.91 Å². The van der Waals surface area contributed by atoms with Gasteiger partial charge in [-0.3, -0.25) is 19.3 Å². The lowest BCUT2D eigenvalue weighted by atomic mass is 9.57. The summed E-state index contributed by atoms with van der Waals surface area (Å²) < 4.78 is 5.97. The number of aliphatic hydroxyl groups excluding tert-OH is 2. The summed E-state index contributed by atoms with van der Waals surface area (Å²) in [6.45, 7) is 2.46. The van der Waals surface area contributed by atoms with Gasteiger partial charge in [-0.1, -0.05) is 13.3 Å². The Kier molecular flexibility index (Phi) is 6.85. The van der Waals surface area contributed by atoms with E-state index in [1.807, 2.05) is 32.0 Å². The number of hydrogen-bond acceptors (Lipinski definition) is 9. The predicted octanol–water partition coefficient (Wildman–Crippen LogP) is 1.50. The van der Waals surface area contributed by atoms with Gasteiger partial charge in [-0.15, -0.1) is 0 Å². The topological polar surface area (TPSA) is 154 Å². The fourth-order valence-corrected chi connectivity index (χ4v) is 6.08. The van der Waals surface area contributed by atoms with Crippen LogP contribution in [0, 0.1) is 11.8 Å². The van der Waals surface area contributed by atoms with Gasteiger partial charge >= 0.3 is 0 Å². The zero-order chi connectivity index (χ0) is 27.4. The molecular formula is C27H35N3O7. The van der Waals surface area contributed by atoms with E-state index in [4.69, 9.17) is 10.5 Å². The van der Waals surface area contributed by atoms with Crippen LogP contribution in [-0.2, 0) is 20.8 Å². The molecule has 3 aliphatic carbocycles. The van der Waals surface area contributed by atoms with Gasteiger partial charge in [-0.25, -0.2) is 0 Å². The molecule has 200 valence electrons. The molecule has 0 spiro atoms. The van der Waals surface area contributed by atoms with Crippen LogP contribution in [0.2, 0.25) is 0 Å². The molecule has 0 radical (unpaired) electrons. The second-order valence-electron chi connectivity index (χ2n) is 10.5. The van der Waals surface area contributed by atoms with E-state index in [0.29, 0.717) is 24.3 Å². The fourth-order valence-electron chi connectivity index (χ4n) is 6.08. The van der Waals surface area contributed by atoms with E-state index >= 15 is 0 Å². The number of ketones is 2. The number of nitrogens with two attached hydrogens (primary N) is 1. The highest BCUT2D eigenvalue weighted by Gasteiger charge is 2.64. The zero-order valence-corrected chi connectivity index (χ0v) is 21.9. The number of rotatable bonds is 7. The number of likely N-dealkylation sites (N-methyl/N-ethyl adjacent to an activating group) is 1. The largest absolute Gasteiger partial charge is 0.508 e. The van der Waals surface area contributed by atoms with Gasteiger partial charge < -0.3 is 30.7 Å². The number of primary amides is 1. The number of anilines is 1. The summed E-state index contributed by atoms with van der Waals surface area (Å²) in [4.78, 5) is 42.7. The summed E-state index contributed by atoms with van der Waals surface area (Å²) in [5.74, 6) is -5.47. The molecular weight excluding hydrogens is 478 g/mol. The number of amides is 1. The molecule has 10 heteroatoms. The molecule has 10 nitrogen and oxygen atoms in total. The van der Waals surface area contributed by atoms with E-state index in [0.717, 1.165) is 24.1 Å². The maximum absolute atomic E-state index is 14.0. The van der Waals surface area contributed by atoms with E-state index < -0.39 is 52.3 Å². The first kappa shape index (κ1) is 26.7. The van der Waals surface area contributed by atoms with Crippen molar-refractivity contribution in [2.45, 2.75) is 44.2 Å². The van der Waals surface area contributed by atoms with Crippen molar-refractivity contribution in [3.63, 3.8) is 0 Å². The van der Waals surface area contributed by atoms with Crippen LogP contribution in [0.5, 0.6) is 5.75 Å². The number of aliphatic hydroxyl groups is 3. The number of Topliss-reactive ketones (excluding diaryl/α,β-unsaturated/α-hetero) is 2. The number of fused-ring (bicyclic) bond motifs is 3. The Bertz CT molecular complexity index is 1230. The van der Waals surface area contributed by atoms with Crippen LogP contribution in [0.4, 0.5) is 5.69 Å². The highest BCUT2D eigenvalue weighted by Crippen LogP contribution is 2.53. The molecule has 4 atom stereocenters. The third-order valence-electron chi connectivity index (χ3n) is 7.80. The number of benzene rings is 1. The van der Waals surface area contributed by atoms with Gasteiger partial charge in [0.1, 0.15) is 22.8 Å². The highest BCUT2D eigenvalue weighted by atomic mass is 16.5. The Morgan fingerprint density at radius 1 is 1.19 bits per heavy atom. The minimum atomic E-state index is -2.59. The summed E-state index contributed by atoms with van der Waals surface area (Å²) in [7, 11) is 6.95. The number of carbonyl (C=O) groups excluding carboxylic acids is 3. The first-order valence-electron chi connectivity index (χ1n) is 12.5. The Labute approximate surface area is 216 Å². The van der Waals surface area contributed by atoms with E-state index in [1.165, 1.54) is 4.90 Å². The monoisotopic (exact) mass is 513 g/mol. The van der Waals surface area contributed by atoms with Gasteiger partial charge in [-0.2, -0.15) is 0 Å². The van der Waals surface area contributed by atoms with Crippen molar-refractivity contribution in [2.24, 2.45) is 17.6 Å². The summed E-state index contributed by atoms with van der Waals surface area (Å²) in [5.41, 5.74) is 3.96. The number of ether oxygens (including phenoxy) is 1. The quantitative estimate of drug-likeness (QED) is 0.314. The van der Waals surface area contributed by atoms with Crippen LogP contribution in [-0.4, -0.2) is 84.1 Å². The molecule has 3 aliphatic rings. The van der Waals surface area contributed by atoms with Crippen LogP contribution in [0.3, 0.4) is 0 Å². The van der Waals surface area contributed by atoms with Crippen molar-refractivity contribution in [3.05, 3.63) is 40.2 Å². The number of nitrogens with zero attached hydrogens (tertiary/aromatic N) is 2. The van der Waals surface area contributed by atoms with E-state index in [1.54, 1.807) is 20.2 Å². The average Bonchev–Trinajstić information content (AvgIpc) is 2.81. The Morgan fingerprint density at radius 3 is 2.43 bits per heavy atom. The van der Waals surface area contributed by atoms with Crippen molar-refractivity contribution in [1.29, 1.82) is 0 Å². The van der Waals surface area contributed by atoms with Crippen LogP contribution in [0.1, 0.15) is 37.3 Å². The Balaban J connectivity index is 1.95. The molecule has 1 saturated carbocycles. The van der Waals surface area contributed by atoms with Crippen molar-refractivity contribution >= 4 is 28.9 Å². The van der Waals surface area contributed by atoms with E-state index in [-0.39, 0.29) is 17.8 Å². The van der Waals surface area contributed by atoms with Gasteiger partial charge in [0.05, 0.1) is 18.2 Å². The van der Waals surface area contributed by atoms with Gasteiger partial charge in [0, 0.05) is 31.3 Å². The minimum absolute atomic E-state index is 0.0512. The SMILES string of the molecule is CCCCOc1ccc(N(C)C)c2c1C(O)=C1C(=O)C3(O)C(O)=C(C(N)=O)C(=O)C(N(C)C)C3CC1C2. The molecule has 1 aromatic rings. The molecule has 0 heterocycles. The molecule has 0 aliphatic heterocycles. The van der Waals surface area contributed by atoms with Gasteiger partial charge in [0.15, 0.2) is 11.4 Å². The van der Waals surface area contributed by atoms with Gasteiger partial charge in [-0.05, 0) is 57.0 Å². The average molecular weight is 514 g/mol. The second kappa shape index (κ2) is 9.50. The lowest BCUT2D eigenvalue weighted by Crippen LogP contribution is -2.65. The third-order valence-corrected chi connectivity index (χ3v) is 7.80.